The van der Waals surface area contributed by atoms with Crippen LogP contribution in [0.1, 0.15) is 5.56 Å². The van der Waals surface area contributed by atoms with Gasteiger partial charge in [-0.25, -0.2) is 10.5 Å². The van der Waals surface area contributed by atoms with Gasteiger partial charge in [0.2, 0.25) is 0 Å². The molecule has 0 aliphatic carbocycles. The van der Waals surface area contributed by atoms with Crippen molar-refractivity contribution >= 4 is 16.8 Å². The van der Waals surface area contributed by atoms with Crippen LogP contribution in [0.2, 0.25) is 0 Å². The van der Waals surface area contributed by atoms with E-state index in [9.17, 15) is 4.39 Å². The summed E-state index contributed by atoms with van der Waals surface area (Å²) < 4.78 is 12.8. The molecule has 14 heavy (non-hydrogen) atoms. The molecule has 0 saturated carbocycles. The van der Waals surface area contributed by atoms with Crippen molar-refractivity contribution in [1.29, 1.82) is 0 Å². The van der Waals surface area contributed by atoms with Crippen molar-refractivity contribution < 1.29 is 21.2 Å². The van der Waals surface area contributed by atoms with E-state index in [0.29, 0.717) is 0 Å². The molecule has 73 valence electrons. The number of halogens is 1. The van der Waals surface area contributed by atoms with Crippen LogP contribution in [0.4, 0.5) is 4.39 Å². The first-order valence-corrected chi connectivity index (χ1v) is 4.04. The van der Waals surface area contributed by atoms with Gasteiger partial charge in [-0.2, -0.15) is 5.56 Å². The van der Waals surface area contributed by atoms with Gasteiger partial charge in [0, 0.05) is 16.8 Å². The van der Waals surface area contributed by atoms with E-state index in [1.807, 2.05) is 18.2 Å². The molecule has 0 spiro atoms. The summed E-state index contributed by atoms with van der Waals surface area (Å²) in [6, 6.07) is 10.4. The summed E-state index contributed by atoms with van der Waals surface area (Å²) >= 11 is 0. The summed E-state index contributed by atoms with van der Waals surface area (Å²) in [5, 5.41) is 1.89. The molecule has 1 radical (unpaired) electrons. The predicted octanol–water partition coefficient (Wildman–Crippen LogP) is 3.42. The van der Waals surface area contributed by atoms with Crippen LogP contribution in [0.3, 0.4) is 0 Å². The van der Waals surface area contributed by atoms with Gasteiger partial charge in [0.1, 0.15) is 5.82 Å². The van der Waals surface area contributed by atoms with Crippen molar-refractivity contribution in [3.63, 3.8) is 0 Å². The molecule has 0 bridgehead atoms. The van der Waals surface area contributed by atoms with Crippen LogP contribution in [0.25, 0.3) is 16.8 Å². The van der Waals surface area contributed by atoms with E-state index in [-0.39, 0.29) is 22.6 Å². The Kier molecular flexibility index (Phi) is 3.44. The number of fused-ring (bicyclic) bond motifs is 1. The second-order valence-electron chi connectivity index (χ2n) is 2.92. The molecule has 0 aliphatic heterocycles. The van der Waals surface area contributed by atoms with Gasteiger partial charge < -0.3 is 0 Å². The minimum atomic E-state index is -0.221. The van der Waals surface area contributed by atoms with Gasteiger partial charge in [-0.3, -0.25) is 6.58 Å². The first-order chi connectivity index (χ1) is 6.29. The zero-order chi connectivity index (χ0) is 9.26. The number of hydrogen-bond acceptors (Lipinski definition) is 0. The van der Waals surface area contributed by atoms with Crippen LogP contribution in [0.5, 0.6) is 0 Å². The summed E-state index contributed by atoms with van der Waals surface area (Å²) in [7, 11) is 0. The van der Waals surface area contributed by atoms with E-state index >= 15 is 0 Å². The zero-order valence-electron chi connectivity index (χ0n) is 7.33. The largest absolute Gasteiger partial charge is 0.292 e. The van der Waals surface area contributed by atoms with Crippen LogP contribution in [-0.4, -0.2) is 0 Å². The van der Waals surface area contributed by atoms with Crippen molar-refractivity contribution in [3.8, 4) is 0 Å². The normalized spacial score (nSPS) is 9.50. The van der Waals surface area contributed by atoms with E-state index < -0.39 is 0 Å². The van der Waals surface area contributed by atoms with Crippen LogP contribution in [-0.2, 0) is 16.8 Å². The summed E-state index contributed by atoms with van der Waals surface area (Å²) in [5.74, 6) is -0.221. The Morgan fingerprint density at radius 2 is 1.71 bits per heavy atom. The van der Waals surface area contributed by atoms with Gasteiger partial charge in [0.25, 0.3) is 0 Å². The van der Waals surface area contributed by atoms with Crippen LogP contribution < -0.4 is 0 Å². The number of benzene rings is 2. The van der Waals surface area contributed by atoms with Crippen molar-refractivity contribution in [2.45, 2.75) is 0 Å². The molecular weight excluding hydrogens is 222 g/mol. The van der Waals surface area contributed by atoms with Crippen molar-refractivity contribution in [1.82, 2.24) is 0 Å². The van der Waals surface area contributed by atoms with Crippen molar-refractivity contribution in [2.24, 2.45) is 0 Å². The SMILES string of the molecule is [CH-]=Cc1ccc2ccc(F)cc2c1.[Co]. The standard InChI is InChI=1S/C12H8F.Co/c1-2-9-3-4-10-5-6-12(13)8-11(10)7-9;/h1-8H;/q-1;. The number of hydrogen-bond donors (Lipinski definition) is 0. The van der Waals surface area contributed by atoms with E-state index in [2.05, 4.69) is 0 Å². The maximum atomic E-state index is 12.8. The van der Waals surface area contributed by atoms with Crippen molar-refractivity contribution in [3.05, 3.63) is 54.4 Å². The Labute approximate surface area is 92.6 Å². The van der Waals surface area contributed by atoms with E-state index in [4.69, 9.17) is 6.58 Å². The first kappa shape index (κ1) is 11.0. The molecule has 2 aromatic carbocycles. The fraction of sp³-hybridized carbons (Fsp3) is 0. The maximum Gasteiger partial charge on any atom is 0.123 e. The molecule has 0 aromatic heterocycles. The fourth-order valence-electron chi connectivity index (χ4n) is 1.34. The molecule has 0 saturated heterocycles. The van der Waals surface area contributed by atoms with Gasteiger partial charge in [0.05, 0.1) is 0 Å². The minimum absolute atomic E-state index is 0. The summed E-state index contributed by atoms with van der Waals surface area (Å²) in [4.78, 5) is 0. The van der Waals surface area contributed by atoms with Gasteiger partial charge in [-0.15, -0.1) is 12.1 Å². The molecular formula is C12H8CoF-. The molecule has 0 amide bonds. The predicted molar refractivity (Wildman–Crippen MR) is 52.7 cm³/mol. The first-order valence-electron chi connectivity index (χ1n) is 4.04. The van der Waals surface area contributed by atoms with E-state index in [1.54, 1.807) is 6.07 Å². The van der Waals surface area contributed by atoms with E-state index in [1.165, 1.54) is 18.2 Å². The minimum Gasteiger partial charge on any atom is -0.292 e. The van der Waals surface area contributed by atoms with Crippen LogP contribution in [0.15, 0.2) is 36.4 Å². The third-order valence-electron chi connectivity index (χ3n) is 2.02. The third-order valence-corrected chi connectivity index (χ3v) is 2.02. The number of rotatable bonds is 1. The van der Waals surface area contributed by atoms with Gasteiger partial charge in [-0.1, -0.05) is 12.1 Å². The van der Waals surface area contributed by atoms with Crippen LogP contribution >= 0.6 is 0 Å². The molecule has 0 unspecified atom stereocenters. The molecule has 0 heterocycles. The third kappa shape index (κ3) is 2.03. The summed E-state index contributed by atoms with van der Waals surface area (Å²) in [5.41, 5.74) is 0.901. The molecule has 2 rings (SSSR count). The molecule has 2 aromatic rings. The quantitative estimate of drug-likeness (QED) is 0.658. The van der Waals surface area contributed by atoms with E-state index in [0.717, 1.165) is 16.3 Å². The maximum absolute atomic E-state index is 12.8. The molecule has 0 atom stereocenters. The van der Waals surface area contributed by atoms with Crippen LogP contribution in [0, 0.1) is 12.4 Å². The Balaban J connectivity index is 0.000000980. The van der Waals surface area contributed by atoms with Gasteiger partial charge in [0.15, 0.2) is 0 Å². The molecule has 0 nitrogen and oxygen atoms in total. The van der Waals surface area contributed by atoms with Gasteiger partial charge in [-0.05, 0) is 22.9 Å². The monoisotopic (exact) mass is 230 g/mol. The molecule has 2 heteroatoms. The summed E-state index contributed by atoms with van der Waals surface area (Å²) in [6.45, 7) is 5.36. The second-order valence-corrected chi connectivity index (χ2v) is 2.92. The Hall–Kier alpha value is -1.12. The topological polar surface area (TPSA) is 0 Å². The van der Waals surface area contributed by atoms with Gasteiger partial charge >= 0.3 is 0 Å². The Bertz CT molecular complexity index is 463. The average Bonchev–Trinajstić information content (AvgIpc) is 2.16. The Morgan fingerprint density at radius 1 is 1.00 bits per heavy atom. The average molecular weight is 230 g/mol. The zero-order valence-corrected chi connectivity index (χ0v) is 8.37. The Morgan fingerprint density at radius 3 is 2.43 bits per heavy atom. The second kappa shape index (κ2) is 4.40. The molecule has 0 fully saturated rings. The van der Waals surface area contributed by atoms with Crippen molar-refractivity contribution in [2.75, 3.05) is 0 Å². The molecule has 0 N–H and O–H groups in total. The smallest absolute Gasteiger partial charge is 0.123 e. The fourth-order valence-corrected chi connectivity index (χ4v) is 1.34. The summed E-state index contributed by atoms with van der Waals surface area (Å²) in [6.07, 6.45) is 1.50. The molecule has 0 aliphatic rings.